The number of nitrogens with two attached hydrogens (primary N) is 1. The third-order valence-corrected chi connectivity index (χ3v) is 3.99. The zero-order valence-corrected chi connectivity index (χ0v) is 12.7. The fourth-order valence-corrected chi connectivity index (χ4v) is 2.96. The molecule has 0 unspecified atom stereocenters. The summed E-state index contributed by atoms with van der Waals surface area (Å²) >= 11 is 1.66. The van der Waals surface area contributed by atoms with E-state index in [2.05, 4.69) is 27.8 Å². The van der Waals surface area contributed by atoms with E-state index in [1.165, 1.54) is 0 Å². The number of methoxy groups -OCH3 is 1. The van der Waals surface area contributed by atoms with Gasteiger partial charge in [0.2, 0.25) is 0 Å². The molecule has 1 heterocycles. The van der Waals surface area contributed by atoms with Gasteiger partial charge < -0.3 is 15.0 Å². The van der Waals surface area contributed by atoms with Crippen LogP contribution >= 0.6 is 11.8 Å². The van der Waals surface area contributed by atoms with Crippen molar-refractivity contribution in [3.05, 3.63) is 35.7 Å². The number of thioether (sulfide) groups is 1. The molecule has 1 aromatic heterocycles. The molecule has 2 N–H and O–H groups in total. The second-order valence-corrected chi connectivity index (χ2v) is 5.30. The highest BCUT2D eigenvalue weighted by molar-refractivity contribution is 7.98. The van der Waals surface area contributed by atoms with Crippen LogP contribution in [0, 0.1) is 0 Å². The molecule has 108 valence electrons. The third kappa shape index (κ3) is 3.32. The van der Waals surface area contributed by atoms with Gasteiger partial charge in [-0.15, -0.1) is 10.2 Å². The minimum atomic E-state index is 0.419. The molecule has 0 amide bonds. The van der Waals surface area contributed by atoms with Gasteiger partial charge in [0.15, 0.2) is 5.16 Å². The van der Waals surface area contributed by atoms with Crippen LogP contribution in [0.25, 0.3) is 0 Å². The zero-order chi connectivity index (χ0) is 14.4. The lowest BCUT2D eigenvalue weighted by atomic mass is 10.2. The molecular formula is C14H20N4OS. The number of aromatic nitrogens is 3. The SMILES string of the molecule is CCCn1c(CN)nnc1SCc1ccccc1OC. The predicted octanol–water partition coefficient (Wildman–Crippen LogP) is 2.45. The van der Waals surface area contributed by atoms with Crippen LogP contribution < -0.4 is 10.5 Å². The third-order valence-electron chi connectivity index (χ3n) is 2.97. The van der Waals surface area contributed by atoms with Crippen molar-refractivity contribution >= 4 is 11.8 Å². The van der Waals surface area contributed by atoms with E-state index in [4.69, 9.17) is 10.5 Å². The van der Waals surface area contributed by atoms with E-state index in [-0.39, 0.29) is 0 Å². The Hall–Kier alpha value is -1.53. The number of rotatable bonds is 7. The molecule has 0 fully saturated rings. The van der Waals surface area contributed by atoms with Crippen molar-refractivity contribution in [3.8, 4) is 5.75 Å². The van der Waals surface area contributed by atoms with E-state index in [1.54, 1.807) is 18.9 Å². The topological polar surface area (TPSA) is 66.0 Å². The van der Waals surface area contributed by atoms with E-state index in [9.17, 15) is 0 Å². The van der Waals surface area contributed by atoms with Gasteiger partial charge in [0.05, 0.1) is 13.7 Å². The Kier molecular flexibility index (Phi) is 5.43. The Labute approximate surface area is 123 Å². The highest BCUT2D eigenvalue weighted by Crippen LogP contribution is 2.27. The molecule has 0 spiro atoms. The Morgan fingerprint density at radius 2 is 2.10 bits per heavy atom. The monoisotopic (exact) mass is 292 g/mol. The van der Waals surface area contributed by atoms with Gasteiger partial charge in [0, 0.05) is 17.9 Å². The molecule has 0 saturated heterocycles. The van der Waals surface area contributed by atoms with Gasteiger partial charge in [-0.3, -0.25) is 0 Å². The minimum absolute atomic E-state index is 0.419. The van der Waals surface area contributed by atoms with Crippen LogP contribution in [0.1, 0.15) is 24.7 Å². The highest BCUT2D eigenvalue weighted by Gasteiger charge is 2.11. The first-order valence-corrected chi connectivity index (χ1v) is 7.65. The van der Waals surface area contributed by atoms with Gasteiger partial charge >= 0.3 is 0 Å². The van der Waals surface area contributed by atoms with Gasteiger partial charge in [-0.1, -0.05) is 36.9 Å². The van der Waals surface area contributed by atoms with Crippen molar-refractivity contribution < 1.29 is 4.74 Å². The maximum atomic E-state index is 5.69. The minimum Gasteiger partial charge on any atom is -0.496 e. The van der Waals surface area contributed by atoms with Crippen molar-refractivity contribution in [1.82, 2.24) is 14.8 Å². The van der Waals surface area contributed by atoms with Crippen molar-refractivity contribution in [1.29, 1.82) is 0 Å². The maximum Gasteiger partial charge on any atom is 0.191 e. The average molecular weight is 292 g/mol. The summed E-state index contributed by atoms with van der Waals surface area (Å²) in [4.78, 5) is 0. The van der Waals surface area contributed by atoms with E-state index in [0.717, 1.165) is 41.0 Å². The van der Waals surface area contributed by atoms with Crippen LogP contribution in [0.5, 0.6) is 5.75 Å². The summed E-state index contributed by atoms with van der Waals surface area (Å²) in [6.07, 6.45) is 1.03. The van der Waals surface area contributed by atoms with Crippen LogP contribution in [0.2, 0.25) is 0 Å². The largest absolute Gasteiger partial charge is 0.496 e. The first kappa shape index (κ1) is 14.9. The molecule has 0 atom stereocenters. The second-order valence-electron chi connectivity index (χ2n) is 4.36. The molecule has 0 aliphatic rings. The molecule has 5 nitrogen and oxygen atoms in total. The van der Waals surface area contributed by atoms with Crippen LogP contribution in [-0.2, 0) is 18.8 Å². The van der Waals surface area contributed by atoms with Crippen molar-refractivity contribution in [2.45, 2.75) is 37.3 Å². The number of hydrogen-bond acceptors (Lipinski definition) is 5. The predicted molar refractivity (Wildman–Crippen MR) is 80.8 cm³/mol. The molecule has 0 radical (unpaired) electrons. The van der Waals surface area contributed by atoms with Crippen molar-refractivity contribution in [2.75, 3.05) is 7.11 Å². The summed E-state index contributed by atoms with van der Waals surface area (Å²) < 4.78 is 7.46. The van der Waals surface area contributed by atoms with E-state index in [0.29, 0.717) is 6.54 Å². The molecule has 0 saturated carbocycles. The highest BCUT2D eigenvalue weighted by atomic mass is 32.2. The number of benzene rings is 1. The fraction of sp³-hybridized carbons (Fsp3) is 0.429. The first-order chi connectivity index (χ1) is 9.80. The summed E-state index contributed by atoms with van der Waals surface area (Å²) in [6, 6.07) is 8.02. The summed E-state index contributed by atoms with van der Waals surface area (Å²) in [5.41, 5.74) is 6.85. The molecular weight excluding hydrogens is 272 g/mol. The van der Waals surface area contributed by atoms with Gasteiger partial charge in [-0.2, -0.15) is 0 Å². The Morgan fingerprint density at radius 1 is 1.30 bits per heavy atom. The Balaban J connectivity index is 2.12. The van der Waals surface area contributed by atoms with Crippen LogP contribution in [0.15, 0.2) is 29.4 Å². The number of nitrogens with zero attached hydrogens (tertiary/aromatic N) is 3. The molecule has 0 bridgehead atoms. The number of hydrogen-bond donors (Lipinski definition) is 1. The van der Waals surface area contributed by atoms with Gasteiger partial charge in [0.25, 0.3) is 0 Å². The molecule has 0 aliphatic carbocycles. The zero-order valence-electron chi connectivity index (χ0n) is 11.9. The molecule has 2 rings (SSSR count). The lowest BCUT2D eigenvalue weighted by Gasteiger charge is -2.09. The summed E-state index contributed by atoms with van der Waals surface area (Å²) in [7, 11) is 1.69. The smallest absolute Gasteiger partial charge is 0.191 e. The molecule has 1 aromatic carbocycles. The Bertz CT molecular complexity index is 556. The number of para-hydroxylation sites is 1. The quantitative estimate of drug-likeness (QED) is 0.794. The fourth-order valence-electron chi connectivity index (χ4n) is 1.99. The summed E-state index contributed by atoms with van der Waals surface area (Å²) in [6.45, 7) is 3.45. The second kappa shape index (κ2) is 7.31. The van der Waals surface area contributed by atoms with Gasteiger partial charge in [0.1, 0.15) is 11.6 Å². The summed E-state index contributed by atoms with van der Waals surface area (Å²) in [5.74, 6) is 2.55. The van der Waals surface area contributed by atoms with E-state index in [1.807, 2.05) is 18.2 Å². The van der Waals surface area contributed by atoms with Crippen molar-refractivity contribution in [3.63, 3.8) is 0 Å². The standard InChI is InChI=1S/C14H20N4OS/c1-3-8-18-13(9-15)16-17-14(18)20-10-11-6-4-5-7-12(11)19-2/h4-7H,3,8-10,15H2,1-2H3. The molecule has 20 heavy (non-hydrogen) atoms. The van der Waals surface area contributed by atoms with Crippen molar-refractivity contribution in [2.24, 2.45) is 5.73 Å². The maximum absolute atomic E-state index is 5.69. The van der Waals surface area contributed by atoms with Crippen LogP contribution in [-0.4, -0.2) is 21.9 Å². The molecule has 6 heteroatoms. The lowest BCUT2D eigenvalue weighted by molar-refractivity contribution is 0.411. The Morgan fingerprint density at radius 3 is 2.80 bits per heavy atom. The van der Waals surface area contributed by atoms with Crippen LogP contribution in [0.3, 0.4) is 0 Å². The van der Waals surface area contributed by atoms with E-state index < -0.39 is 0 Å². The van der Waals surface area contributed by atoms with Gasteiger partial charge in [-0.05, 0) is 12.5 Å². The lowest BCUT2D eigenvalue weighted by Crippen LogP contribution is -2.09. The van der Waals surface area contributed by atoms with Crippen LogP contribution in [0.4, 0.5) is 0 Å². The average Bonchev–Trinajstić information content (AvgIpc) is 2.88. The number of ether oxygens (including phenoxy) is 1. The first-order valence-electron chi connectivity index (χ1n) is 6.67. The van der Waals surface area contributed by atoms with E-state index >= 15 is 0 Å². The van der Waals surface area contributed by atoms with Gasteiger partial charge in [-0.25, -0.2) is 0 Å². The molecule has 2 aromatic rings. The normalized spacial score (nSPS) is 10.8. The summed E-state index contributed by atoms with van der Waals surface area (Å²) in [5, 5.41) is 9.29. The molecule has 0 aliphatic heterocycles.